The molecule has 3 N–H and O–H groups in total. The van der Waals surface area contributed by atoms with Crippen molar-refractivity contribution in [1.29, 1.82) is 0 Å². The van der Waals surface area contributed by atoms with Crippen molar-refractivity contribution >= 4 is 23.1 Å². The quantitative estimate of drug-likeness (QED) is 0.732. The maximum absolute atomic E-state index is 11.8. The van der Waals surface area contributed by atoms with Gasteiger partial charge < -0.3 is 11.1 Å². The fourth-order valence-electron chi connectivity index (χ4n) is 0.973. The number of thiocarbonyl (C=S) groups is 1. The summed E-state index contributed by atoms with van der Waals surface area (Å²) in [6.07, 6.45) is -6.03. The summed E-state index contributed by atoms with van der Waals surface area (Å²) in [5.74, 6) is -1.26. The zero-order valence-electron chi connectivity index (χ0n) is 8.39. The Balaban J connectivity index is 4.31. The predicted molar refractivity (Wildman–Crippen MR) is 54.2 cm³/mol. The maximum Gasteiger partial charge on any atom is 0.397 e. The van der Waals surface area contributed by atoms with Crippen LogP contribution in [-0.2, 0) is 4.79 Å². The first-order valence-corrected chi connectivity index (χ1v) is 4.69. The summed E-state index contributed by atoms with van der Waals surface area (Å²) in [6, 6.07) is -0.699. The van der Waals surface area contributed by atoms with Crippen LogP contribution < -0.4 is 11.1 Å². The molecular formula is C8H13F3N2OS. The number of halogens is 3. The van der Waals surface area contributed by atoms with E-state index in [0.29, 0.717) is 0 Å². The van der Waals surface area contributed by atoms with Crippen LogP contribution in [0.5, 0.6) is 0 Å². The monoisotopic (exact) mass is 242 g/mol. The molecule has 0 heterocycles. The van der Waals surface area contributed by atoms with Crippen LogP contribution in [0.25, 0.3) is 0 Å². The third-order valence-electron chi connectivity index (χ3n) is 1.65. The highest BCUT2D eigenvalue weighted by Gasteiger charge is 2.32. The van der Waals surface area contributed by atoms with Crippen molar-refractivity contribution in [1.82, 2.24) is 5.32 Å². The van der Waals surface area contributed by atoms with Gasteiger partial charge in [-0.2, -0.15) is 13.2 Å². The van der Waals surface area contributed by atoms with Crippen LogP contribution in [-0.4, -0.2) is 23.1 Å². The average Bonchev–Trinajstić information content (AvgIpc) is 1.95. The molecule has 1 unspecified atom stereocenters. The summed E-state index contributed by atoms with van der Waals surface area (Å²) in [6.45, 7) is 3.41. The van der Waals surface area contributed by atoms with Gasteiger partial charge in [-0.1, -0.05) is 26.1 Å². The first-order valence-electron chi connectivity index (χ1n) is 4.29. The zero-order chi connectivity index (χ0) is 12.2. The van der Waals surface area contributed by atoms with E-state index in [1.165, 1.54) is 0 Å². The number of hydrogen-bond acceptors (Lipinski definition) is 2. The van der Waals surface area contributed by atoms with E-state index >= 15 is 0 Å². The molecule has 0 aliphatic heterocycles. The highest BCUT2D eigenvalue weighted by atomic mass is 32.1. The van der Waals surface area contributed by atoms with E-state index in [0.717, 1.165) is 0 Å². The molecule has 0 aliphatic rings. The van der Waals surface area contributed by atoms with Crippen LogP contribution in [0.15, 0.2) is 0 Å². The second-order valence-electron chi connectivity index (χ2n) is 3.48. The fourth-order valence-corrected chi connectivity index (χ4v) is 1.30. The number of carbonyl (C=O) groups excluding carboxylic acids is 1. The molecule has 0 aromatic rings. The van der Waals surface area contributed by atoms with Crippen LogP contribution in [0.4, 0.5) is 13.2 Å². The Hall–Kier alpha value is -0.850. The van der Waals surface area contributed by atoms with Gasteiger partial charge >= 0.3 is 6.18 Å². The topological polar surface area (TPSA) is 55.1 Å². The molecule has 0 aliphatic carbocycles. The van der Waals surface area contributed by atoms with Gasteiger partial charge in [0.1, 0.15) is 6.42 Å². The Bertz CT molecular complexity index is 253. The number of nitrogens with one attached hydrogen (secondary N) is 1. The number of nitrogens with two attached hydrogens (primary N) is 1. The Morgan fingerprint density at radius 1 is 1.47 bits per heavy atom. The van der Waals surface area contributed by atoms with E-state index < -0.39 is 24.5 Å². The molecule has 0 spiro atoms. The van der Waals surface area contributed by atoms with Crippen molar-refractivity contribution in [2.24, 2.45) is 11.7 Å². The van der Waals surface area contributed by atoms with E-state index in [4.69, 9.17) is 5.73 Å². The number of hydrogen-bond donors (Lipinski definition) is 2. The van der Waals surface area contributed by atoms with Crippen molar-refractivity contribution in [2.75, 3.05) is 0 Å². The standard InChI is InChI=1S/C8H13F3N2OS/c1-4(2)6(7(12)15)13-5(14)3-8(9,10)11/h4,6H,3H2,1-2H3,(H2,12,15)(H,13,14). The van der Waals surface area contributed by atoms with Crippen molar-refractivity contribution in [2.45, 2.75) is 32.5 Å². The highest BCUT2D eigenvalue weighted by molar-refractivity contribution is 7.80. The van der Waals surface area contributed by atoms with Crippen LogP contribution in [0, 0.1) is 5.92 Å². The van der Waals surface area contributed by atoms with E-state index in [2.05, 4.69) is 17.5 Å². The fraction of sp³-hybridized carbons (Fsp3) is 0.750. The molecule has 0 bridgehead atoms. The van der Waals surface area contributed by atoms with Crippen molar-refractivity contribution in [3.8, 4) is 0 Å². The number of rotatable bonds is 4. The van der Waals surface area contributed by atoms with Gasteiger partial charge in [0.25, 0.3) is 0 Å². The Morgan fingerprint density at radius 3 is 2.20 bits per heavy atom. The van der Waals surface area contributed by atoms with E-state index in [1.54, 1.807) is 13.8 Å². The number of alkyl halides is 3. The van der Waals surface area contributed by atoms with Gasteiger partial charge in [0.2, 0.25) is 5.91 Å². The SMILES string of the molecule is CC(C)C(NC(=O)CC(F)(F)F)C(N)=S. The van der Waals surface area contributed by atoms with Crippen LogP contribution >= 0.6 is 12.2 Å². The lowest BCUT2D eigenvalue weighted by Gasteiger charge is -2.21. The van der Waals surface area contributed by atoms with E-state index in [9.17, 15) is 18.0 Å². The van der Waals surface area contributed by atoms with Gasteiger partial charge in [-0.05, 0) is 5.92 Å². The third-order valence-corrected chi connectivity index (χ3v) is 1.90. The Kier molecular flexibility index (Phi) is 4.99. The van der Waals surface area contributed by atoms with E-state index in [1.807, 2.05) is 0 Å². The minimum absolute atomic E-state index is 0.0134. The Labute approximate surface area is 91.2 Å². The molecule has 0 saturated heterocycles. The molecule has 0 rings (SSSR count). The molecule has 15 heavy (non-hydrogen) atoms. The van der Waals surface area contributed by atoms with Gasteiger partial charge in [0.05, 0.1) is 11.0 Å². The largest absolute Gasteiger partial charge is 0.397 e. The van der Waals surface area contributed by atoms with Crippen molar-refractivity contribution < 1.29 is 18.0 Å². The van der Waals surface area contributed by atoms with E-state index in [-0.39, 0.29) is 10.9 Å². The maximum atomic E-state index is 11.8. The molecule has 1 atom stereocenters. The summed E-state index contributed by atoms with van der Waals surface area (Å²) in [5, 5.41) is 2.15. The van der Waals surface area contributed by atoms with Crippen LogP contribution in [0.3, 0.4) is 0 Å². The van der Waals surface area contributed by atoms with Gasteiger partial charge in [0.15, 0.2) is 0 Å². The van der Waals surface area contributed by atoms with Crippen LogP contribution in [0.1, 0.15) is 20.3 Å². The first kappa shape index (κ1) is 14.2. The number of carbonyl (C=O) groups is 1. The lowest BCUT2D eigenvalue weighted by atomic mass is 10.0. The van der Waals surface area contributed by atoms with Gasteiger partial charge in [-0.25, -0.2) is 0 Å². The minimum Gasteiger partial charge on any atom is -0.392 e. The summed E-state index contributed by atoms with van der Waals surface area (Å²) in [5.41, 5.74) is 5.29. The normalized spacial score (nSPS) is 13.7. The summed E-state index contributed by atoms with van der Waals surface area (Å²) in [4.78, 5) is 10.9. The molecule has 0 saturated carbocycles. The van der Waals surface area contributed by atoms with Crippen molar-refractivity contribution in [3.05, 3.63) is 0 Å². The second kappa shape index (κ2) is 5.29. The molecule has 0 aromatic heterocycles. The highest BCUT2D eigenvalue weighted by Crippen LogP contribution is 2.19. The summed E-state index contributed by atoms with van der Waals surface area (Å²) in [7, 11) is 0. The average molecular weight is 242 g/mol. The molecule has 0 radical (unpaired) electrons. The smallest absolute Gasteiger partial charge is 0.392 e. The molecule has 3 nitrogen and oxygen atoms in total. The Morgan fingerprint density at radius 2 is 1.93 bits per heavy atom. The van der Waals surface area contributed by atoms with Gasteiger partial charge in [0, 0.05) is 0 Å². The predicted octanol–water partition coefficient (Wildman–Crippen LogP) is 1.37. The molecule has 0 aromatic carbocycles. The first-order chi connectivity index (χ1) is 6.63. The molecular weight excluding hydrogens is 229 g/mol. The molecule has 7 heteroatoms. The van der Waals surface area contributed by atoms with Crippen LogP contribution in [0.2, 0.25) is 0 Å². The molecule has 1 amide bonds. The lowest BCUT2D eigenvalue weighted by molar-refractivity contribution is -0.154. The van der Waals surface area contributed by atoms with Gasteiger partial charge in [-0.3, -0.25) is 4.79 Å². The molecule has 0 fully saturated rings. The molecule has 88 valence electrons. The van der Waals surface area contributed by atoms with Crippen molar-refractivity contribution in [3.63, 3.8) is 0 Å². The third kappa shape index (κ3) is 6.27. The number of amides is 1. The summed E-state index contributed by atoms with van der Waals surface area (Å²) >= 11 is 4.63. The minimum atomic E-state index is -4.51. The van der Waals surface area contributed by atoms with Gasteiger partial charge in [-0.15, -0.1) is 0 Å². The lowest BCUT2D eigenvalue weighted by Crippen LogP contribution is -2.47. The second-order valence-corrected chi connectivity index (χ2v) is 3.95. The zero-order valence-corrected chi connectivity index (χ0v) is 9.21. The summed E-state index contributed by atoms with van der Waals surface area (Å²) < 4.78 is 35.5.